The molecule has 0 bridgehead atoms. The van der Waals surface area contributed by atoms with Gasteiger partial charge in [-0.25, -0.2) is 4.79 Å². The van der Waals surface area contributed by atoms with E-state index in [9.17, 15) is 4.79 Å². The predicted octanol–water partition coefficient (Wildman–Crippen LogP) is 2.71. The summed E-state index contributed by atoms with van der Waals surface area (Å²) >= 11 is 0. The maximum absolute atomic E-state index is 11.8. The zero-order valence-electron chi connectivity index (χ0n) is 11.8. The van der Waals surface area contributed by atoms with Crippen LogP contribution in [0, 0.1) is 0 Å². The number of rotatable bonds is 4. The molecule has 3 rings (SSSR count). The molecule has 1 heterocycles. The minimum absolute atomic E-state index is 0.172. The lowest BCUT2D eigenvalue weighted by atomic mass is 10.1. The Labute approximate surface area is 120 Å². The average Bonchev–Trinajstić information content (AvgIpc) is 3.28. The average molecular weight is 274 g/mol. The molecule has 1 saturated heterocycles. The van der Waals surface area contributed by atoms with Crippen LogP contribution in [0.25, 0.3) is 0 Å². The Bertz CT molecular complexity index is 443. The number of likely N-dealkylation sites (tertiary alicyclic amines) is 1. The van der Waals surface area contributed by atoms with Crippen molar-refractivity contribution in [1.29, 1.82) is 0 Å². The lowest BCUT2D eigenvalue weighted by Gasteiger charge is -2.25. The highest BCUT2D eigenvalue weighted by Gasteiger charge is 2.37. The van der Waals surface area contributed by atoms with Crippen molar-refractivity contribution < 1.29 is 9.53 Å². The van der Waals surface area contributed by atoms with E-state index in [1.807, 2.05) is 11.0 Å². The summed E-state index contributed by atoms with van der Waals surface area (Å²) in [6, 6.07) is 10.9. The number of ether oxygens (including phenoxy) is 1. The Kier molecular flexibility index (Phi) is 4.21. The van der Waals surface area contributed by atoms with Crippen molar-refractivity contribution in [2.24, 2.45) is 0 Å². The number of piperidine rings is 1. The van der Waals surface area contributed by atoms with Gasteiger partial charge in [0.1, 0.15) is 6.73 Å². The van der Waals surface area contributed by atoms with Crippen LogP contribution in [0.5, 0.6) is 0 Å². The second kappa shape index (κ2) is 6.27. The van der Waals surface area contributed by atoms with Gasteiger partial charge in [-0.05, 0) is 31.2 Å². The fourth-order valence-corrected chi connectivity index (χ4v) is 2.87. The molecule has 20 heavy (non-hydrogen) atoms. The van der Waals surface area contributed by atoms with E-state index in [1.54, 1.807) is 0 Å². The summed E-state index contributed by atoms with van der Waals surface area (Å²) in [7, 11) is 0. The van der Waals surface area contributed by atoms with E-state index in [0.717, 1.165) is 32.4 Å². The number of benzene rings is 1. The molecule has 2 atom stereocenters. The molecule has 2 fully saturated rings. The molecule has 1 aliphatic heterocycles. The van der Waals surface area contributed by atoms with Crippen LogP contribution < -0.4 is 5.32 Å². The molecule has 1 aromatic carbocycles. The Balaban J connectivity index is 1.36. The first-order chi connectivity index (χ1) is 9.84. The van der Waals surface area contributed by atoms with Crippen LogP contribution in [-0.2, 0) is 4.74 Å². The number of carbonyl (C=O) groups is 1. The Morgan fingerprint density at radius 2 is 1.95 bits per heavy atom. The minimum atomic E-state index is -0.172. The quantitative estimate of drug-likeness (QED) is 0.858. The summed E-state index contributed by atoms with van der Waals surface area (Å²) in [5, 5.41) is 3.31. The van der Waals surface area contributed by atoms with Crippen molar-refractivity contribution in [2.75, 3.05) is 19.8 Å². The van der Waals surface area contributed by atoms with E-state index < -0.39 is 0 Å². The van der Waals surface area contributed by atoms with Gasteiger partial charge in [0, 0.05) is 25.0 Å². The van der Waals surface area contributed by atoms with Crippen molar-refractivity contribution in [1.82, 2.24) is 10.2 Å². The fourth-order valence-electron chi connectivity index (χ4n) is 2.87. The molecule has 4 heteroatoms. The van der Waals surface area contributed by atoms with E-state index in [1.165, 1.54) is 12.0 Å². The summed E-state index contributed by atoms with van der Waals surface area (Å²) in [6.45, 7) is 2.01. The van der Waals surface area contributed by atoms with Crippen molar-refractivity contribution in [3.63, 3.8) is 0 Å². The van der Waals surface area contributed by atoms with Crippen LogP contribution >= 0.6 is 0 Å². The minimum Gasteiger partial charge on any atom is -0.433 e. The summed E-state index contributed by atoms with van der Waals surface area (Å²) < 4.78 is 5.29. The number of amides is 1. The molecule has 1 aromatic rings. The SMILES string of the molecule is O=C(OCN[C@@H]1C[C@H]1c1ccccc1)N1CCCCC1. The molecule has 0 unspecified atom stereocenters. The maximum Gasteiger partial charge on any atom is 0.411 e. The van der Waals surface area contributed by atoms with Gasteiger partial charge in [0.25, 0.3) is 0 Å². The zero-order valence-corrected chi connectivity index (χ0v) is 11.8. The smallest absolute Gasteiger partial charge is 0.411 e. The van der Waals surface area contributed by atoms with Gasteiger partial charge in [0.2, 0.25) is 0 Å². The number of nitrogens with one attached hydrogen (secondary N) is 1. The molecule has 108 valence electrons. The van der Waals surface area contributed by atoms with Crippen LogP contribution in [0.2, 0.25) is 0 Å². The third kappa shape index (κ3) is 3.31. The highest BCUT2D eigenvalue weighted by Crippen LogP contribution is 2.40. The van der Waals surface area contributed by atoms with Gasteiger partial charge in [-0.15, -0.1) is 0 Å². The van der Waals surface area contributed by atoms with E-state index in [-0.39, 0.29) is 6.09 Å². The van der Waals surface area contributed by atoms with E-state index in [2.05, 4.69) is 29.6 Å². The van der Waals surface area contributed by atoms with E-state index in [4.69, 9.17) is 4.74 Å². The topological polar surface area (TPSA) is 41.6 Å². The van der Waals surface area contributed by atoms with Crippen LogP contribution in [-0.4, -0.2) is 36.9 Å². The summed E-state index contributed by atoms with van der Waals surface area (Å²) in [5.74, 6) is 0.574. The molecule has 0 spiro atoms. The van der Waals surface area contributed by atoms with Crippen LogP contribution in [0.15, 0.2) is 30.3 Å². The Morgan fingerprint density at radius 3 is 2.70 bits per heavy atom. The standard InChI is InChI=1S/C16H22N2O2/c19-16(18-9-5-2-6-10-18)20-12-17-15-11-14(15)13-7-3-1-4-8-13/h1,3-4,7-8,14-15,17H,2,5-6,9-12H2/t14-,15+/m0/s1. The Morgan fingerprint density at radius 1 is 1.20 bits per heavy atom. The van der Waals surface area contributed by atoms with Crippen LogP contribution in [0.3, 0.4) is 0 Å². The first-order valence-corrected chi connectivity index (χ1v) is 7.54. The van der Waals surface area contributed by atoms with Crippen LogP contribution in [0.4, 0.5) is 4.79 Å². The van der Waals surface area contributed by atoms with Crippen molar-refractivity contribution in [3.05, 3.63) is 35.9 Å². The molecule has 1 saturated carbocycles. The lowest BCUT2D eigenvalue weighted by Crippen LogP contribution is -2.38. The van der Waals surface area contributed by atoms with Crippen molar-refractivity contribution in [3.8, 4) is 0 Å². The fraction of sp³-hybridized carbons (Fsp3) is 0.562. The number of hydrogen-bond donors (Lipinski definition) is 1. The molecule has 1 aliphatic carbocycles. The highest BCUT2D eigenvalue weighted by molar-refractivity contribution is 5.67. The molecule has 0 radical (unpaired) electrons. The molecule has 1 amide bonds. The first kappa shape index (κ1) is 13.4. The summed E-state index contributed by atoms with van der Waals surface area (Å²) in [6.07, 6.45) is 4.38. The maximum atomic E-state index is 11.8. The largest absolute Gasteiger partial charge is 0.433 e. The second-order valence-corrected chi connectivity index (χ2v) is 5.67. The van der Waals surface area contributed by atoms with Crippen molar-refractivity contribution >= 4 is 6.09 Å². The van der Waals surface area contributed by atoms with Crippen molar-refractivity contribution in [2.45, 2.75) is 37.6 Å². The van der Waals surface area contributed by atoms with Gasteiger partial charge in [0.15, 0.2) is 0 Å². The van der Waals surface area contributed by atoms with Gasteiger partial charge in [-0.1, -0.05) is 30.3 Å². The number of nitrogens with zero attached hydrogens (tertiary/aromatic N) is 1. The van der Waals surface area contributed by atoms with Crippen LogP contribution in [0.1, 0.15) is 37.2 Å². The normalized spacial score (nSPS) is 25.3. The molecule has 4 nitrogen and oxygen atoms in total. The van der Waals surface area contributed by atoms with E-state index in [0.29, 0.717) is 18.7 Å². The molecule has 1 N–H and O–H groups in total. The lowest BCUT2D eigenvalue weighted by molar-refractivity contribution is 0.0879. The molecule has 0 aromatic heterocycles. The number of carbonyl (C=O) groups excluding carboxylic acids is 1. The summed E-state index contributed by atoms with van der Waals surface area (Å²) in [5.41, 5.74) is 1.37. The third-order valence-corrected chi connectivity index (χ3v) is 4.17. The zero-order chi connectivity index (χ0) is 13.8. The van der Waals surface area contributed by atoms with E-state index >= 15 is 0 Å². The third-order valence-electron chi connectivity index (χ3n) is 4.17. The molecular weight excluding hydrogens is 252 g/mol. The second-order valence-electron chi connectivity index (χ2n) is 5.67. The van der Waals surface area contributed by atoms with Gasteiger partial charge in [-0.3, -0.25) is 5.32 Å². The van der Waals surface area contributed by atoms with Gasteiger partial charge in [-0.2, -0.15) is 0 Å². The van der Waals surface area contributed by atoms with Gasteiger partial charge < -0.3 is 9.64 Å². The molecular formula is C16H22N2O2. The van der Waals surface area contributed by atoms with Gasteiger partial charge in [0.05, 0.1) is 0 Å². The first-order valence-electron chi connectivity index (χ1n) is 7.54. The molecule has 2 aliphatic rings. The van der Waals surface area contributed by atoms with Gasteiger partial charge >= 0.3 is 6.09 Å². The Hall–Kier alpha value is -1.55. The summed E-state index contributed by atoms with van der Waals surface area (Å²) in [4.78, 5) is 13.6. The number of hydrogen-bond acceptors (Lipinski definition) is 3. The highest BCUT2D eigenvalue weighted by atomic mass is 16.6. The monoisotopic (exact) mass is 274 g/mol. The predicted molar refractivity (Wildman–Crippen MR) is 77.5 cm³/mol.